The van der Waals surface area contributed by atoms with Crippen LogP contribution in [0, 0.1) is 11.8 Å². The second-order valence-electron chi connectivity index (χ2n) is 5.94. The monoisotopic (exact) mass is 238 g/mol. The van der Waals surface area contributed by atoms with Gasteiger partial charge in [-0.3, -0.25) is 4.79 Å². The molecule has 0 spiro atoms. The molecule has 0 heterocycles. The summed E-state index contributed by atoms with van der Waals surface area (Å²) in [5.41, 5.74) is 0. The van der Waals surface area contributed by atoms with Gasteiger partial charge in [0.2, 0.25) is 5.91 Å². The lowest BCUT2D eigenvalue weighted by molar-refractivity contribution is -0.120. The van der Waals surface area contributed by atoms with Crippen molar-refractivity contribution in [1.29, 1.82) is 0 Å². The van der Waals surface area contributed by atoms with Gasteiger partial charge in [0.25, 0.3) is 0 Å². The third-order valence-electron chi connectivity index (χ3n) is 4.09. The highest BCUT2D eigenvalue weighted by molar-refractivity contribution is 5.78. The number of hydrogen-bond donors (Lipinski definition) is 2. The van der Waals surface area contributed by atoms with Crippen LogP contribution in [0.15, 0.2) is 0 Å². The first kappa shape index (κ1) is 12.9. The summed E-state index contributed by atoms with van der Waals surface area (Å²) < 4.78 is 0. The van der Waals surface area contributed by atoms with Crippen LogP contribution in [-0.4, -0.2) is 25.0 Å². The number of amides is 1. The van der Waals surface area contributed by atoms with Gasteiger partial charge in [-0.05, 0) is 43.9 Å². The van der Waals surface area contributed by atoms with E-state index in [1.807, 2.05) is 0 Å². The first-order valence-corrected chi connectivity index (χ1v) is 7.24. The number of carbonyl (C=O) groups is 1. The Morgan fingerprint density at radius 1 is 1.12 bits per heavy atom. The van der Waals surface area contributed by atoms with Crippen molar-refractivity contribution in [2.24, 2.45) is 11.8 Å². The molecular formula is C14H26N2O. The lowest BCUT2D eigenvalue weighted by Crippen LogP contribution is -2.39. The number of rotatable bonds is 5. The average molecular weight is 238 g/mol. The minimum atomic E-state index is 0.175. The standard InChI is InChI=1S/C14H26N2O/c1-11-3-2-4-13(8-5-11)15-10-14(17)16-9-12-6-7-12/h11-13,15H,2-10H2,1H3,(H,16,17). The first-order valence-electron chi connectivity index (χ1n) is 7.24. The molecule has 0 saturated heterocycles. The second-order valence-corrected chi connectivity index (χ2v) is 5.94. The van der Waals surface area contributed by atoms with Gasteiger partial charge in [-0.2, -0.15) is 0 Å². The van der Waals surface area contributed by atoms with Crippen LogP contribution in [0.5, 0.6) is 0 Å². The first-order chi connectivity index (χ1) is 8.24. The van der Waals surface area contributed by atoms with Crippen LogP contribution in [0.4, 0.5) is 0 Å². The Bertz CT molecular complexity index is 251. The summed E-state index contributed by atoms with van der Waals surface area (Å²) in [6.07, 6.45) is 9.04. The van der Waals surface area contributed by atoms with E-state index in [2.05, 4.69) is 17.6 Å². The quantitative estimate of drug-likeness (QED) is 0.720. The molecule has 2 unspecified atom stereocenters. The highest BCUT2D eigenvalue weighted by atomic mass is 16.1. The van der Waals surface area contributed by atoms with E-state index in [-0.39, 0.29) is 5.91 Å². The van der Waals surface area contributed by atoms with Crippen LogP contribution in [-0.2, 0) is 4.79 Å². The van der Waals surface area contributed by atoms with Crippen molar-refractivity contribution >= 4 is 5.91 Å². The van der Waals surface area contributed by atoms with E-state index in [9.17, 15) is 4.79 Å². The molecule has 2 saturated carbocycles. The molecule has 0 aromatic heterocycles. The van der Waals surface area contributed by atoms with Gasteiger partial charge >= 0.3 is 0 Å². The predicted octanol–water partition coefficient (Wildman–Crippen LogP) is 2.07. The van der Waals surface area contributed by atoms with E-state index < -0.39 is 0 Å². The van der Waals surface area contributed by atoms with Crippen molar-refractivity contribution in [3.63, 3.8) is 0 Å². The van der Waals surface area contributed by atoms with Gasteiger partial charge in [-0.25, -0.2) is 0 Å². The van der Waals surface area contributed by atoms with Crippen molar-refractivity contribution < 1.29 is 4.79 Å². The fraction of sp³-hybridized carbons (Fsp3) is 0.929. The number of nitrogens with one attached hydrogen (secondary N) is 2. The summed E-state index contributed by atoms with van der Waals surface area (Å²) in [5, 5.41) is 6.42. The smallest absolute Gasteiger partial charge is 0.233 e. The lowest BCUT2D eigenvalue weighted by atomic mass is 10.0. The van der Waals surface area contributed by atoms with Crippen LogP contribution >= 0.6 is 0 Å². The van der Waals surface area contributed by atoms with Gasteiger partial charge in [0, 0.05) is 12.6 Å². The zero-order chi connectivity index (χ0) is 12.1. The van der Waals surface area contributed by atoms with Crippen LogP contribution < -0.4 is 10.6 Å². The van der Waals surface area contributed by atoms with Gasteiger partial charge in [0.15, 0.2) is 0 Å². The molecule has 2 N–H and O–H groups in total. The minimum Gasteiger partial charge on any atom is -0.355 e. The number of hydrogen-bond acceptors (Lipinski definition) is 2. The fourth-order valence-corrected chi connectivity index (χ4v) is 2.57. The lowest BCUT2D eigenvalue weighted by Gasteiger charge is -2.16. The van der Waals surface area contributed by atoms with Gasteiger partial charge in [0.05, 0.1) is 6.54 Å². The van der Waals surface area contributed by atoms with Gasteiger partial charge in [-0.1, -0.05) is 19.8 Å². The van der Waals surface area contributed by atoms with E-state index in [0.717, 1.165) is 18.4 Å². The molecular weight excluding hydrogens is 212 g/mol. The summed E-state index contributed by atoms with van der Waals surface area (Å²) >= 11 is 0. The molecule has 98 valence electrons. The Morgan fingerprint density at radius 3 is 2.71 bits per heavy atom. The molecule has 0 radical (unpaired) electrons. The molecule has 3 nitrogen and oxygen atoms in total. The Hall–Kier alpha value is -0.570. The Kier molecular flexibility index (Phi) is 4.84. The molecule has 0 aliphatic heterocycles. The maximum Gasteiger partial charge on any atom is 0.233 e. The van der Waals surface area contributed by atoms with E-state index in [1.54, 1.807) is 0 Å². The Morgan fingerprint density at radius 2 is 1.94 bits per heavy atom. The molecule has 2 rings (SSSR count). The average Bonchev–Trinajstić information content (AvgIpc) is 3.12. The molecule has 2 fully saturated rings. The zero-order valence-electron chi connectivity index (χ0n) is 11.0. The zero-order valence-corrected chi connectivity index (χ0v) is 11.0. The van der Waals surface area contributed by atoms with E-state index in [1.165, 1.54) is 44.9 Å². The van der Waals surface area contributed by atoms with Crippen LogP contribution in [0.2, 0.25) is 0 Å². The van der Waals surface area contributed by atoms with Crippen molar-refractivity contribution in [2.75, 3.05) is 13.1 Å². The summed E-state index contributed by atoms with van der Waals surface area (Å²) in [5.74, 6) is 1.82. The van der Waals surface area contributed by atoms with E-state index in [4.69, 9.17) is 0 Å². The van der Waals surface area contributed by atoms with E-state index in [0.29, 0.717) is 12.6 Å². The second kappa shape index (κ2) is 6.39. The van der Waals surface area contributed by atoms with Crippen LogP contribution in [0.1, 0.15) is 51.9 Å². The number of carbonyl (C=O) groups excluding carboxylic acids is 1. The maximum absolute atomic E-state index is 11.6. The molecule has 2 atom stereocenters. The Labute approximate surface area is 105 Å². The molecule has 2 aliphatic rings. The topological polar surface area (TPSA) is 41.1 Å². The summed E-state index contributed by atoms with van der Waals surface area (Å²) in [6.45, 7) is 3.73. The van der Waals surface area contributed by atoms with Gasteiger partial charge in [-0.15, -0.1) is 0 Å². The predicted molar refractivity (Wildman–Crippen MR) is 69.8 cm³/mol. The largest absolute Gasteiger partial charge is 0.355 e. The highest BCUT2D eigenvalue weighted by Gasteiger charge is 2.22. The van der Waals surface area contributed by atoms with Gasteiger partial charge in [0.1, 0.15) is 0 Å². The van der Waals surface area contributed by atoms with Crippen LogP contribution in [0.25, 0.3) is 0 Å². The van der Waals surface area contributed by atoms with Crippen molar-refractivity contribution in [1.82, 2.24) is 10.6 Å². The summed E-state index contributed by atoms with van der Waals surface area (Å²) in [4.78, 5) is 11.6. The SMILES string of the molecule is CC1CCCC(NCC(=O)NCC2CC2)CC1. The molecule has 0 bridgehead atoms. The third kappa shape index (κ3) is 5.07. The molecule has 0 aromatic rings. The van der Waals surface area contributed by atoms with Crippen molar-refractivity contribution in [3.8, 4) is 0 Å². The van der Waals surface area contributed by atoms with Crippen LogP contribution in [0.3, 0.4) is 0 Å². The van der Waals surface area contributed by atoms with Crippen molar-refractivity contribution in [2.45, 2.75) is 57.9 Å². The minimum absolute atomic E-state index is 0.175. The van der Waals surface area contributed by atoms with E-state index >= 15 is 0 Å². The molecule has 3 heteroatoms. The van der Waals surface area contributed by atoms with Gasteiger partial charge < -0.3 is 10.6 Å². The van der Waals surface area contributed by atoms with Crippen molar-refractivity contribution in [3.05, 3.63) is 0 Å². The normalized spacial score (nSPS) is 29.7. The molecule has 2 aliphatic carbocycles. The molecule has 17 heavy (non-hydrogen) atoms. The molecule has 0 aromatic carbocycles. The summed E-state index contributed by atoms with van der Waals surface area (Å²) in [6, 6.07) is 0.562. The summed E-state index contributed by atoms with van der Waals surface area (Å²) in [7, 11) is 0. The maximum atomic E-state index is 11.6. The third-order valence-corrected chi connectivity index (χ3v) is 4.09. The molecule has 1 amide bonds. The highest BCUT2D eigenvalue weighted by Crippen LogP contribution is 2.27. The Balaban J connectivity index is 1.57. The fourth-order valence-electron chi connectivity index (χ4n) is 2.57.